The van der Waals surface area contributed by atoms with Crippen LogP contribution in [0.2, 0.25) is 0 Å². The highest BCUT2D eigenvalue weighted by Crippen LogP contribution is 2.07. The smallest absolute Gasteiger partial charge is 0.256 e. The number of carbonyl (C=O) groups is 1. The van der Waals surface area contributed by atoms with Crippen LogP contribution < -0.4 is 9.80 Å². The molecular formula is C16H21N5O2. The summed E-state index contributed by atoms with van der Waals surface area (Å²) < 4.78 is 4.76. The van der Waals surface area contributed by atoms with E-state index in [1.165, 1.54) is 0 Å². The van der Waals surface area contributed by atoms with Crippen LogP contribution in [0.25, 0.3) is 5.73 Å². The fraction of sp³-hybridized carbons (Fsp3) is 0.438. The second-order valence-corrected chi connectivity index (χ2v) is 5.67. The van der Waals surface area contributed by atoms with E-state index in [0.717, 1.165) is 44.7 Å². The van der Waals surface area contributed by atoms with E-state index >= 15 is 0 Å². The number of nitrogens with one attached hydrogen (secondary N) is 1. The fourth-order valence-corrected chi connectivity index (χ4v) is 2.77. The Balaban J connectivity index is 1.39. The molecule has 0 atom stereocenters. The first-order valence-electron chi connectivity index (χ1n) is 7.88. The van der Waals surface area contributed by atoms with Crippen molar-refractivity contribution in [2.45, 2.75) is 12.8 Å². The molecule has 7 heteroatoms. The lowest BCUT2D eigenvalue weighted by atomic mass is 10.1. The monoisotopic (exact) mass is 315 g/mol. The third-order valence-corrected chi connectivity index (χ3v) is 4.07. The summed E-state index contributed by atoms with van der Waals surface area (Å²) in [5.41, 5.74) is 8.15. The van der Waals surface area contributed by atoms with Crippen molar-refractivity contribution >= 4 is 11.7 Å². The Bertz CT molecular complexity index is 635. The van der Waals surface area contributed by atoms with E-state index in [4.69, 9.17) is 10.3 Å². The van der Waals surface area contributed by atoms with Crippen molar-refractivity contribution < 1.29 is 14.1 Å². The third kappa shape index (κ3) is 4.07. The van der Waals surface area contributed by atoms with Gasteiger partial charge in [0, 0.05) is 25.1 Å². The van der Waals surface area contributed by atoms with Gasteiger partial charge in [-0.3, -0.25) is 9.69 Å². The van der Waals surface area contributed by atoms with Crippen LogP contribution in [0, 0.1) is 0 Å². The summed E-state index contributed by atoms with van der Waals surface area (Å²) in [5, 5.41) is 5.85. The van der Waals surface area contributed by atoms with E-state index in [1.54, 1.807) is 11.0 Å². The molecule has 1 aromatic heterocycles. The molecular weight excluding hydrogens is 294 g/mol. The SMILES string of the molecule is [NH-]c1c[n+](N2CCN(CCCC(=O)c3ccccc3)CC2)no1. The lowest BCUT2D eigenvalue weighted by Crippen LogP contribution is -2.65. The largest absolute Gasteiger partial charge is 0.660 e. The van der Waals surface area contributed by atoms with Gasteiger partial charge in [0.2, 0.25) is 5.27 Å². The molecule has 3 rings (SSSR count). The molecule has 0 saturated carbocycles. The molecule has 1 fully saturated rings. The van der Waals surface area contributed by atoms with Gasteiger partial charge in [0.15, 0.2) is 5.78 Å². The summed E-state index contributed by atoms with van der Waals surface area (Å²) in [6.45, 7) is 4.45. The quantitative estimate of drug-likeness (QED) is 0.597. The van der Waals surface area contributed by atoms with Crippen LogP contribution in [-0.4, -0.2) is 48.7 Å². The average Bonchev–Trinajstić information content (AvgIpc) is 3.03. The highest BCUT2D eigenvalue weighted by molar-refractivity contribution is 5.95. The molecule has 0 bridgehead atoms. The highest BCUT2D eigenvalue weighted by Gasteiger charge is 2.24. The Kier molecular flexibility index (Phi) is 4.87. The Labute approximate surface area is 135 Å². The maximum atomic E-state index is 12.1. The molecule has 0 amide bonds. The zero-order chi connectivity index (χ0) is 16.1. The van der Waals surface area contributed by atoms with Crippen molar-refractivity contribution in [1.29, 1.82) is 0 Å². The van der Waals surface area contributed by atoms with E-state index in [9.17, 15) is 4.79 Å². The predicted octanol–water partition coefficient (Wildman–Crippen LogP) is 1.56. The van der Waals surface area contributed by atoms with E-state index in [2.05, 4.69) is 10.2 Å². The maximum Gasteiger partial charge on any atom is 0.256 e. The topological polar surface area (TPSA) is 77.3 Å². The van der Waals surface area contributed by atoms with Crippen LogP contribution in [0.15, 0.2) is 41.1 Å². The minimum atomic E-state index is 0.0619. The van der Waals surface area contributed by atoms with Gasteiger partial charge in [0.05, 0.1) is 17.9 Å². The van der Waals surface area contributed by atoms with E-state index in [0.29, 0.717) is 6.42 Å². The van der Waals surface area contributed by atoms with Gasteiger partial charge in [-0.15, -0.1) is 0 Å². The number of carbonyl (C=O) groups excluding carboxylic acids is 1. The second-order valence-electron chi connectivity index (χ2n) is 5.67. The fourth-order valence-electron chi connectivity index (χ4n) is 2.77. The lowest BCUT2D eigenvalue weighted by molar-refractivity contribution is -0.759. The van der Waals surface area contributed by atoms with Crippen LogP contribution >= 0.6 is 0 Å². The zero-order valence-corrected chi connectivity index (χ0v) is 13.0. The van der Waals surface area contributed by atoms with Gasteiger partial charge in [-0.2, -0.15) is 5.01 Å². The molecule has 0 unspecified atom stereocenters. The molecule has 1 N–H and O–H groups in total. The summed E-state index contributed by atoms with van der Waals surface area (Å²) >= 11 is 0. The number of ketones is 1. The molecule has 2 heterocycles. The molecule has 1 aliphatic rings. The highest BCUT2D eigenvalue weighted by atomic mass is 16.5. The number of benzene rings is 1. The number of hydrogen-bond acceptors (Lipinski definition) is 5. The lowest BCUT2D eigenvalue weighted by Gasteiger charge is -2.29. The Hall–Kier alpha value is -2.41. The number of rotatable bonds is 6. The van der Waals surface area contributed by atoms with Crippen LogP contribution in [-0.2, 0) is 0 Å². The van der Waals surface area contributed by atoms with Crippen molar-refractivity contribution in [2.24, 2.45) is 0 Å². The van der Waals surface area contributed by atoms with Gasteiger partial charge in [0.1, 0.15) is 5.88 Å². The minimum absolute atomic E-state index is 0.0619. The molecule has 0 spiro atoms. The molecule has 0 aliphatic carbocycles. The summed E-state index contributed by atoms with van der Waals surface area (Å²) in [6, 6.07) is 9.47. The molecule has 7 nitrogen and oxygen atoms in total. The Morgan fingerprint density at radius 2 is 1.96 bits per heavy atom. The first-order valence-corrected chi connectivity index (χ1v) is 7.88. The van der Waals surface area contributed by atoms with Crippen LogP contribution in [0.5, 0.6) is 0 Å². The number of hydrogen-bond donors (Lipinski definition) is 0. The maximum absolute atomic E-state index is 12.1. The van der Waals surface area contributed by atoms with Crippen LogP contribution in [0.3, 0.4) is 0 Å². The summed E-state index contributed by atoms with van der Waals surface area (Å²) in [4.78, 5) is 16.0. The van der Waals surface area contributed by atoms with Gasteiger partial charge >= 0.3 is 0 Å². The van der Waals surface area contributed by atoms with Gasteiger partial charge < -0.3 is 10.3 Å². The van der Waals surface area contributed by atoms with Gasteiger partial charge in [-0.05, 0) is 13.0 Å². The first-order chi connectivity index (χ1) is 11.2. The minimum Gasteiger partial charge on any atom is -0.660 e. The summed E-state index contributed by atoms with van der Waals surface area (Å²) in [6.07, 6.45) is 3.03. The number of Topliss-reactive ketones (excluding diaryl/α,β-unsaturated/α-hetero) is 1. The van der Waals surface area contributed by atoms with Gasteiger partial charge in [0.25, 0.3) is 6.20 Å². The average molecular weight is 315 g/mol. The number of nitrogens with zero attached hydrogens (tertiary/aromatic N) is 4. The molecule has 1 saturated heterocycles. The van der Waals surface area contributed by atoms with E-state index in [1.807, 2.05) is 35.3 Å². The second kappa shape index (κ2) is 7.23. The predicted molar refractivity (Wildman–Crippen MR) is 85.1 cm³/mol. The van der Waals surface area contributed by atoms with Crippen LogP contribution in [0.4, 0.5) is 5.88 Å². The standard InChI is InChI=1S/C16H21N5O2/c17-16-13-21(18-23-16)20-11-9-19(10-12-20)8-4-7-15(22)14-5-2-1-3-6-14/h1-3,5-6,13H,4,7-12H2,(H-,17,18). The zero-order valence-electron chi connectivity index (χ0n) is 13.0. The van der Waals surface area contributed by atoms with E-state index < -0.39 is 0 Å². The van der Waals surface area contributed by atoms with Crippen molar-refractivity contribution in [2.75, 3.05) is 37.7 Å². The first kappa shape index (κ1) is 15.5. The molecule has 1 aromatic carbocycles. The third-order valence-electron chi connectivity index (χ3n) is 4.07. The number of aromatic nitrogens is 2. The molecule has 122 valence electrons. The summed E-state index contributed by atoms with van der Waals surface area (Å²) in [7, 11) is 0. The van der Waals surface area contributed by atoms with Gasteiger partial charge in [-0.25, -0.2) is 0 Å². The molecule has 0 radical (unpaired) electrons. The molecule has 2 aromatic rings. The van der Waals surface area contributed by atoms with Crippen molar-refractivity contribution in [3.8, 4) is 0 Å². The molecule has 1 aliphatic heterocycles. The van der Waals surface area contributed by atoms with E-state index in [-0.39, 0.29) is 11.7 Å². The summed E-state index contributed by atoms with van der Waals surface area (Å²) in [5.74, 6) is 0.275. The van der Waals surface area contributed by atoms with Crippen molar-refractivity contribution in [3.63, 3.8) is 0 Å². The Morgan fingerprint density at radius 1 is 1.22 bits per heavy atom. The van der Waals surface area contributed by atoms with Crippen LogP contribution in [0.1, 0.15) is 23.2 Å². The van der Waals surface area contributed by atoms with Crippen molar-refractivity contribution in [1.82, 2.24) is 10.2 Å². The molecule has 23 heavy (non-hydrogen) atoms. The van der Waals surface area contributed by atoms with Crippen molar-refractivity contribution in [3.05, 3.63) is 47.8 Å². The Morgan fingerprint density at radius 3 is 2.61 bits per heavy atom. The van der Waals surface area contributed by atoms with Gasteiger partial charge in [-0.1, -0.05) is 30.3 Å². The number of piperazine rings is 1. The normalized spacial score (nSPS) is 15.7.